The van der Waals surface area contributed by atoms with Crippen LogP contribution in [0.2, 0.25) is 0 Å². The van der Waals surface area contributed by atoms with E-state index >= 15 is 0 Å². The molecule has 3 amide bonds. The summed E-state index contributed by atoms with van der Waals surface area (Å²) < 4.78 is 16.2. The number of methoxy groups -OCH3 is 2. The number of likely N-dealkylation sites (N-methyl/N-ethyl adjacent to an activating group) is 1. The highest BCUT2D eigenvalue weighted by atomic mass is 16.7. The van der Waals surface area contributed by atoms with Crippen LogP contribution in [0.25, 0.3) is 0 Å². The molecule has 1 aliphatic rings. The van der Waals surface area contributed by atoms with Crippen LogP contribution in [0.1, 0.15) is 35.6 Å². The highest BCUT2D eigenvalue weighted by Crippen LogP contribution is 2.38. The van der Waals surface area contributed by atoms with E-state index < -0.39 is 12.0 Å². The second-order valence-electron chi connectivity index (χ2n) is 8.89. The topological polar surface area (TPSA) is 68.3 Å². The number of nitrogens with zero attached hydrogens (tertiary/aromatic N) is 2. The van der Waals surface area contributed by atoms with E-state index in [0.717, 1.165) is 16.7 Å². The number of para-hydroxylation sites is 1. The maximum atomic E-state index is 14.3. The average molecular weight is 489 g/mol. The van der Waals surface area contributed by atoms with Gasteiger partial charge in [-0.05, 0) is 48.2 Å². The van der Waals surface area contributed by atoms with E-state index in [0.29, 0.717) is 17.9 Å². The molecule has 7 heteroatoms. The molecule has 0 saturated carbocycles. The molecule has 0 N–H and O–H groups in total. The van der Waals surface area contributed by atoms with Crippen molar-refractivity contribution in [3.05, 3.63) is 95.6 Å². The molecule has 3 aromatic rings. The zero-order valence-electron chi connectivity index (χ0n) is 21.1. The second kappa shape index (κ2) is 11.3. The number of benzene rings is 3. The molecule has 7 nitrogen and oxygen atoms in total. The lowest BCUT2D eigenvalue weighted by atomic mass is 9.89. The van der Waals surface area contributed by atoms with Gasteiger partial charge in [-0.15, -0.1) is 0 Å². The van der Waals surface area contributed by atoms with E-state index in [-0.39, 0.29) is 24.8 Å². The van der Waals surface area contributed by atoms with Gasteiger partial charge in [0.05, 0.1) is 25.1 Å². The van der Waals surface area contributed by atoms with Gasteiger partial charge in [0, 0.05) is 14.2 Å². The molecule has 3 aromatic carbocycles. The van der Waals surface area contributed by atoms with Gasteiger partial charge < -0.3 is 19.1 Å². The van der Waals surface area contributed by atoms with Gasteiger partial charge in [-0.2, -0.15) is 0 Å². The van der Waals surface area contributed by atoms with Gasteiger partial charge in [-0.25, -0.2) is 4.79 Å². The number of rotatable bonds is 9. The van der Waals surface area contributed by atoms with Gasteiger partial charge in [0.25, 0.3) is 0 Å². The lowest BCUT2D eigenvalue weighted by Gasteiger charge is -2.28. The zero-order valence-corrected chi connectivity index (χ0v) is 21.1. The predicted molar refractivity (Wildman–Crippen MR) is 137 cm³/mol. The Bertz CT molecular complexity index is 1180. The van der Waals surface area contributed by atoms with Gasteiger partial charge in [-0.3, -0.25) is 9.69 Å². The molecule has 0 radical (unpaired) electrons. The largest absolute Gasteiger partial charge is 0.497 e. The first-order chi connectivity index (χ1) is 17.5. The molecule has 1 heterocycles. The summed E-state index contributed by atoms with van der Waals surface area (Å²) >= 11 is 0. The summed E-state index contributed by atoms with van der Waals surface area (Å²) in [4.78, 5) is 30.8. The predicted octanol–water partition coefficient (Wildman–Crippen LogP) is 5.03. The number of ether oxygens (including phenoxy) is 3. The molecule has 0 unspecified atom stereocenters. The highest BCUT2D eigenvalue weighted by Gasteiger charge is 2.47. The van der Waals surface area contributed by atoms with E-state index in [9.17, 15) is 9.59 Å². The van der Waals surface area contributed by atoms with Gasteiger partial charge in [0.2, 0.25) is 5.91 Å². The number of hydrogen-bond acceptors (Lipinski definition) is 5. The molecule has 0 spiro atoms. The molecule has 4 rings (SSSR count). The Hall–Kier alpha value is -3.84. The minimum atomic E-state index is -0.614. The number of amides is 3. The van der Waals surface area contributed by atoms with Crippen LogP contribution < -0.4 is 9.47 Å². The second-order valence-corrected chi connectivity index (χ2v) is 8.89. The van der Waals surface area contributed by atoms with E-state index in [1.165, 1.54) is 4.90 Å². The fourth-order valence-electron chi connectivity index (χ4n) is 4.71. The Morgan fingerprint density at radius 1 is 0.944 bits per heavy atom. The summed E-state index contributed by atoms with van der Waals surface area (Å²) in [6.45, 7) is 2.07. The highest BCUT2D eigenvalue weighted by molar-refractivity contribution is 6.00. The fourth-order valence-corrected chi connectivity index (χ4v) is 4.71. The summed E-state index contributed by atoms with van der Waals surface area (Å²) in [5.74, 6) is 0.471. The van der Waals surface area contributed by atoms with Gasteiger partial charge >= 0.3 is 6.03 Å². The minimum Gasteiger partial charge on any atom is -0.497 e. The van der Waals surface area contributed by atoms with Gasteiger partial charge in [0.15, 0.2) is 6.79 Å². The van der Waals surface area contributed by atoms with Crippen molar-refractivity contribution < 1.29 is 23.8 Å². The first-order valence-corrected chi connectivity index (χ1v) is 11.9. The van der Waals surface area contributed by atoms with Crippen molar-refractivity contribution in [2.75, 3.05) is 28.1 Å². The Morgan fingerprint density at radius 3 is 2.28 bits per heavy atom. The monoisotopic (exact) mass is 488 g/mol. The SMILES string of the molecule is COCOc1ccccc1C[C@H](C(=O)N1C(=O)N(C)[C@@H](C)[C@H]1c1ccccc1)c1ccc(OC)cc1. The molecule has 0 aliphatic carbocycles. The normalized spacial score (nSPS) is 18.3. The number of hydrogen-bond donors (Lipinski definition) is 0. The molecule has 1 saturated heterocycles. The smallest absolute Gasteiger partial charge is 0.327 e. The third-order valence-electron chi connectivity index (χ3n) is 6.78. The molecular weight excluding hydrogens is 456 g/mol. The summed E-state index contributed by atoms with van der Waals surface area (Å²) in [5, 5.41) is 0. The van der Waals surface area contributed by atoms with Crippen LogP contribution in [-0.2, 0) is 16.0 Å². The number of imide groups is 1. The molecule has 1 fully saturated rings. The Labute approximate surface area is 212 Å². The average Bonchev–Trinajstić information content (AvgIpc) is 3.15. The van der Waals surface area contributed by atoms with Gasteiger partial charge in [-0.1, -0.05) is 60.7 Å². The van der Waals surface area contributed by atoms with Crippen LogP contribution in [0.3, 0.4) is 0 Å². The van der Waals surface area contributed by atoms with E-state index in [2.05, 4.69) is 0 Å². The third-order valence-corrected chi connectivity index (χ3v) is 6.78. The third kappa shape index (κ3) is 5.06. The van der Waals surface area contributed by atoms with Crippen molar-refractivity contribution in [1.82, 2.24) is 9.80 Å². The molecule has 3 atom stereocenters. The number of carbonyl (C=O) groups excluding carboxylic acids is 2. The first kappa shape index (κ1) is 25.3. The first-order valence-electron chi connectivity index (χ1n) is 11.9. The summed E-state index contributed by atoms with van der Waals surface area (Å²) in [7, 11) is 4.91. The van der Waals surface area contributed by atoms with Crippen LogP contribution >= 0.6 is 0 Å². The maximum Gasteiger partial charge on any atom is 0.327 e. The van der Waals surface area contributed by atoms with Crippen LogP contribution in [0, 0.1) is 0 Å². The van der Waals surface area contributed by atoms with Crippen molar-refractivity contribution in [2.24, 2.45) is 0 Å². The Balaban J connectivity index is 1.76. The van der Waals surface area contributed by atoms with E-state index in [4.69, 9.17) is 14.2 Å². The summed E-state index contributed by atoms with van der Waals surface area (Å²) in [6.07, 6.45) is 0.356. The van der Waals surface area contributed by atoms with Crippen LogP contribution in [0.15, 0.2) is 78.9 Å². The molecule has 188 valence electrons. The molecule has 0 bridgehead atoms. The Kier molecular flexibility index (Phi) is 7.90. The number of urea groups is 1. The van der Waals surface area contributed by atoms with Crippen LogP contribution in [0.4, 0.5) is 4.79 Å². The number of carbonyl (C=O) groups is 2. The van der Waals surface area contributed by atoms with Crippen LogP contribution in [-0.4, -0.2) is 55.8 Å². The zero-order chi connectivity index (χ0) is 25.7. The van der Waals surface area contributed by atoms with E-state index in [1.807, 2.05) is 85.8 Å². The van der Waals surface area contributed by atoms with Crippen molar-refractivity contribution in [1.29, 1.82) is 0 Å². The molecule has 36 heavy (non-hydrogen) atoms. The molecule has 0 aromatic heterocycles. The minimum absolute atomic E-state index is 0.0984. The van der Waals surface area contributed by atoms with Crippen molar-refractivity contribution in [3.8, 4) is 11.5 Å². The lowest BCUT2D eigenvalue weighted by Crippen LogP contribution is -2.40. The van der Waals surface area contributed by atoms with Gasteiger partial charge in [0.1, 0.15) is 11.5 Å². The summed E-state index contributed by atoms with van der Waals surface area (Å²) in [5.41, 5.74) is 2.57. The van der Waals surface area contributed by atoms with Crippen molar-refractivity contribution in [3.63, 3.8) is 0 Å². The van der Waals surface area contributed by atoms with Crippen molar-refractivity contribution in [2.45, 2.75) is 31.3 Å². The van der Waals surface area contributed by atoms with Crippen molar-refractivity contribution >= 4 is 11.9 Å². The molecular formula is C29H32N2O5. The molecule has 1 aliphatic heterocycles. The quantitative estimate of drug-likeness (QED) is 0.395. The fraction of sp³-hybridized carbons (Fsp3) is 0.310. The maximum absolute atomic E-state index is 14.3. The lowest BCUT2D eigenvalue weighted by molar-refractivity contribution is -0.131. The standard InChI is InChI=1S/C29H32N2O5/c1-20-27(22-10-6-5-7-11-22)31(29(33)30(20)2)28(32)25(21-14-16-24(35-4)17-15-21)18-23-12-8-9-13-26(23)36-19-34-3/h5-17,20,25,27H,18-19H2,1-4H3/t20-,25-,27-/m0/s1. The van der Waals surface area contributed by atoms with E-state index in [1.54, 1.807) is 26.2 Å². The van der Waals surface area contributed by atoms with Crippen LogP contribution in [0.5, 0.6) is 11.5 Å². The summed E-state index contributed by atoms with van der Waals surface area (Å²) in [6, 6.07) is 23.9. The Morgan fingerprint density at radius 2 is 1.61 bits per heavy atom.